The Morgan fingerprint density at radius 1 is 1.21 bits per heavy atom. The summed E-state index contributed by atoms with van der Waals surface area (Å²) in [5, 5.41) is 11.4. The Balaban J connectivity index is 1.36. The molecule has 2 aliphatic rings. The van der Waals surface area contributed by atoms with Gasteiger partial charge in [-0.05, 0) is 86.5 Å². The molecule has 2 atom stereocenters. The average Bonchev–Trinajstić information content (AvgIpc) is 3.20. The minimum Gasteiger partial charge on any atom is -0.497 e. The maximum absolute atomic E-state index is 13.3. The summed E-state index contributed by atoms with van der Waals surface area (Å²) in [6.07, 6.45) is 5.98. The van der Waals surface area contributed by atoms with Crippen molar-refractivity contribution in [3.63, 3.8) is 0 Å². The van der Waals surface area contributed by atoms with Crippen LogP contribution in [0.4, 0.5) is 11.8 Å². The lowest BCUT2D eigenvalue weighted by Gasteiger charge is -2.44. The van der Waals surface area contributed by atoms with E-state index in [9.17, 15) is 9.32 Å². The lowest BCUT2D eigenvalue weighted by atomic mass is 9.73. The van der Waals surface area contributed by atoms with Gasteiger partial charge in [0, 0.05) is 19.3 Å². The van der Waals surface area contributed by atoms with Crippen LogP contribution in [0.1, 0.15) is 56.5 Å². The molecule has 3 heterocycles. The maximum Gasteiger partial charge on any atom is 0.221 e. The maximum atomic E-state index is 13.3. The number of aliphatic hydroxyl groups is 1. The van der Waals surface area contributed by atoms with Gasteiger partial charge in [-0.1, -0.05) is 6.07 Å². The number of piperidine rings is 1. The fourth-order valence-corrected chi connectivity index (χ4v) is 7.07. The minimum absolute atomic E-state index is 0.0488. The first-order valence-electron chi connectivity index (χ1n) is 12.9. The summed E-state index contributed by atoms with van der Waals surface area (Å²) in [6, 6.07) is 7.94. The standard InChI is InChI=1S/C27H35N7O3S2/c1-26(2,3)39(36)33-23-19-13-18(37-4)6-5-17(19)14-27(23)8-11-34(12-9-27)24-20(16-35)31-22(15-30-24)38-21-7-10-29-25(28)32-21/h5-7,10,13,15,23,33,35H,8-9,11-12,14,16H2,1-4H3,(H2,28,29,32)/t23-,39?/m1/s1. The van der Waals surface area contributed by atoms with Crippen LogP contribution >= 0.6 is 11.8 Å². The van der Waals surface area contributed by atoms with Crippen LogP contribution in [-0.4, -0.2) is 54.2 Å². The highest BCUT2D eigenvalue weighted by Crippen LogP contribution is 2.53. The summed E-state index contributed by atoms with van der Waals surface area (Å²) < 4.78 is 21.9. The normalized spacial score (nSPS) is 19.2. The number of methoxy groups -OCH3 is 1. The molecule has 2 aromatic heterocycles. The molecule has 208 valence electrons. The predicted octanol–water partition coefficient (Wildman–Crippen LogP) is 3.44. The molecule has 1 fully saturated rings. The van der Waals surface area contributed by atoms with Gasteiger partial charge in [0.15, 0.2) is 5.82 Å². The van der Waals surface area contributed by atoms with Crippen molar-refractivity contribution >= 4 is 34.5 Å². The van der Waals surface area contributed by atoms with Crippen molar-refractivity contribution < 1.29 is 14.1 Å². The van der Waals surface area contributed by atoms with Crippen LogP contribution in [0.5, 0.6) is 5.75 Å². The third-order valence-corrected chi connectivity index (χ3v) is 9.87. The van der Waals surface area contributed by atoms with Gasteiger partial charge in [-0.15, -0.1) is 0 Å². The minimum atomic E-state index is -1.22. The molecule has 0 saturated carbocycles. The first-order valence-corrected chi connectivity index (χ1v) is 14.9. The molecule has 3 aromatic rings. The number of nitrogens with two attached hydrogens (primary N) is 1. The third kappa shape index (κ3) is 5.74. The zero-order chi connectivity index (χ0) is 27.8. The van der Waals surface area contributed by atoms with E-state index in [-0.39, 0.29) is 28.8 Å². The lowest BCUT2D eigenvalue weighted by Crippen LogP contribution is -2.48. The van der Waals surface area contributed by atoms with Crippen LogP contribution in [0.2, 0.25) is 0 Å². The van der Waals surface area contributed by atoms with Crippen LogP contribution in [0.25, 0.3) is 0 Å². The zero-order valence-electron chi connectivity index (χ0n) is 22.7. The van der Waals surface area contributed by atoms with E-state index in [1.165, 1.54) is 22.9 Å². The summed E-state index contributed by atoms with van der Waals surface area (Å²) in [5.41, 5.74) is 8.58. The second-order valence-electron chi connectivity index (χ2n) is 11.0. The Labute approximate surface area is 235 Å². The first-order chi connectivity index (χ1) is 18.6. The molecule has 39 heavy (non-hydrogen) atoms. The number of benzene rings is 1. The number of hydrogen-bond acceptors (Lipinski definition) is 10. The molecule has 0 amide bonds. The molecule has 1 saturated heterocycles. The lowest BCUT2D eigenvalue weighted by molar-refractivity contribution is 0.176. The van der Waals surface area contributed by atoms with Gasteiger partial charge in [-0.3, -0.25) is 0 Å². The number of anilines is 2. The molecule has 4 N–H and O–H groups in total. The van der Waals surface area contributed by atoms with E-state index in [1.54, 1.807) is 25.6 Å². The summed E-state index contributed by atoms with van der Waals surface area (Å²) in [6.45, 7) is 7.26. The Morgan fingerprint density at radius 2 is 1.97 bits per heavy atom. The average molecular weight is 570 g/mol. The van der Waals surface area contributed by atoms with Crippen LogP contribution in [0, 0.1) is 5.41 Å². The summed E-state index contributed by atoms with van der Waals surface area (Å²) in [5.74, 6) is 1.70. The number of aliphatic hydroxyl groups excluding tert-OH is 1. The van der Waals surface area contributed by atoms with Crippen molar-refractivity contribution in [3.8, 4) is 5.75 Å². The van der Waals surface area contributed by atoms with Crippen molar-refractivity contribution in [1.29, 1.82) is 0 Å². The van der Waals surface area contributed by atoms with Crippen molar-refractivity contribution in [2.45, 2.75) is 67.5 Å². The molecule has 5 rings (SSSR count). The molecule has 0 radical (unpaired) electrons. The Kier molecular flexibility index (Phi) is 7.82. The predicted molar refractivity (Wildman–Crippen MR) is 153 cm³/mol. The molecule has 1 unspecified atom stereocenters. The molecular weight excluding hydrogens is 534 g/mol. The van der Waals surface area contributed by atoms with Gasteiger partial charge in [-0.2, -0.15) is 0 Å². The molecule has 12 heteroatoms. The highest BCUT2D eigenvalue weighted by Gasteiger charge is 2.49. The Morgan fingerprint density at radius 3 is 2.64 bits per heavy atom. The van der Waals surface area contributed by atoms with Crippen LogP contribution in [-0.2, 0) is 24.0 Å². The smallest absolute Gasteiger partial charge is 0.221 e. The number of rotatable bonds is 7. The van der Waals surface area contributed by atoms with Gasteiger partial charge in [0.1, 0.15) is 21.5 Å². The number of ether oxygens (including phenoxy) is 1. The van der Waals surface area contributed by atoms with Gasteiger partial charge in [0.25, 0.3) is 0 Å². The van der Waals surface area contributed by atoms with E-state index >= 15 is 0 Å². The molecule has 1 aliphatic heterocycles. The quantitative estimate of drug-likeness (QED) is 0.363. The van der Waals surface area contributed by atoms with E-state index in [2.05, 4.69) is 36.7 Å². The SMILES string of the molecule is COc1ccc2c(c1)[C@@H](NS(=O)C(C)(C)C)C1(CCN(c3ncc(Sc4ccnc(N)n4)nc3CO)CC1)C2. The number of aromatic nitrogens is 4. The van der Waals surface area contributed by atoms with E-state index in [0.717, 1.165) is 38.1 Å². The molecule has 10 nitrogen and oxygen atoms in total. The van der Waals surface area contributed by atoms with E-state index < -0.39 is 11.0 Å². The van der Waals surface area contributed by atoms with E-state index in [0.29, 0.717) is 21.6 Å². The number of nitrogens with one attached hydrogen (secondary N) is 1. The van der Waals surface area contributed by atoms with Crippen LogP contribution < -0.4 is 20.1 Å². The highest BCUT2D eigenvalue weighted by molar-refractivity contribution is 7.99. The largest absolute Gasteiger partial charge is 0.497 e. The van der Waals surface area contributed by atoms with Crippen LogP contribution in [0.3, 0.4) is 0 Å². The van der Waals surface area contributed by atoms with Gasteiger partial charge in [-0.25, -0.2) is 28.9 Å². The van der Waals surface area contributed by atoms with Gasteiger partial charge < -0.3 is 20.5 Å². The Bertz CT molecular complexity index is 1370. The van der Waals surface area contributed by atoms with Crippen LogP contribution in [0.15, 0.2) is 46.7 Å². The van der Waals surface area contributed by atoms with Crippen molar-refractivity contribution in [3.05, 3.63) is 53.5 Å². The van der Waals surface area contributed by atoms with E-state index in [1.807, 2.05) is 26.8 Å². The first kappa shape index (κ1) is 27.8. The van der Waals surface area contributed by atoms with Crippen molar-refractivity contribution in [2.75, 3.05) is 30.8 Å². The summed E-state index contributed by atoms with van der Waals surface area (Å²) >= 11 is 1.32. The topological polar surface area (TPSA) is 139 Å². The second-order valence-corrected chi connectivity index (χ2v) is 14.1. The van der Waals surface area contributed by atoms with Gasteiger partial charge in [0.05, 0.1) is 41.7 Å². The zero-order valence-corrected chi connectivity index (χ0v) is 24.3. The number of hydrogen-bond donors (Lipinski definition) is 3. The van der Waals surface area contributed by atoms with E-state index in [4.69, 9.17) is 15.5 Å². The molecule has 1 spiro atoms. The third-order valence-electron chi connectivity index (χ3n) is 7.47. The van der Waals surface area contributed by atoms with Gasteiger partial charge in [0.2, 0.25) is 5.95 Å². The fourth-order valence-electron chi connectivity index (χ4n) is 5.39. The molecular formula is C27H35N7O3S2. The molecule has 1 aromatic carbocycles. The van der Waals surface area contributed by atoms with Gasteiger partial charge >= 0.3 is 0 Å². The highest BCUT2D eigenvalue weighted by atomic mass is 32.2. The Hall–Kier alpha value is -2.80. The molecule has 1 aliphatic carbocycles. The van der Waals surface area contributed by atoms with Crippen molar-refractivity contribution in [1.82, 2.24) is 24.7 Å². The number of nitrogen functional groups attached to an aromatic ring is 1. The number of nitrogens with zero attached hydrogens (tertiary/aromatic N) is 5. The number of fused-ring (bicyclic) bond motifs is 1. The fraction of sp³-hybridized carbons (Fsp3) is 0.481. The van der Waals surface area contributed by atoms with Crippen molar-refractivity contribution in [2.24, 2.45) is 5.41 Å². The molecule has 0 bridgehead atoms. The summed E-state index contributed by atoms with van der Waals surface area (Å²) in [4.78, 5) is 19.7. The summed E-state index contributed by atoms with van der Waals surface area (Å²) in [7, 11) is 0.453. The second kappa shape index (κ2) is 11.0. The monoisotopic (exact) mass is 569 g/mol.